The van der Waals surface area contributed by atoms with E-state index >= 15 is 0 Å². The number of nitrogens with one attached hydrogen (secondary N) is 1. The van der Waals surface area contributed by atoms with E-state index in [4.69, 9.17) is 9.47 Å². The van der Waals surface area contributed by atoms with Gasteiger partial charge in [0.05, 0.1) is 6.61 Å². The molecule has 0 amide bonds. The molecule has 0 saturated heterocycles. The molecule has 1 aromatic carbocycles. The fraction of sp³-hybridized carbons (Fsp3) is 0.273. The van der Waals surface area contributed by atoms with Gasteiger partial charge in [-0.2, -0.15) is 5.10 Å². The minimum Gasteiger partial charge on any atom is -0.491 e. The number of halogens is 1. The van der Waals surface area contributed by atoms with E-state index < -0.39 is 0 Å². The highest BCUT2D eigenvalue weighted by molar-refractivity contribution is 14.1. The van der Waals surface area contributed by atoms with Crippen LogP contribution in [-0.4, -0.2) is 35.5 Å². The lowest BCUT2D eigenvalue weighted by atomic mass is 10.2. The molecule has 1 aromatic heterocycles. The van der Waals surface area contributed by atoms with E-state index in [0.717, 1.165) is 20.7 Å². The second-order valence-electron chi connectivity index (χ2n) is 3.35. The van der Waals surface area contributed by atoms with Gasteiger partial charge in [0.15, 0.2) is 5.82 Å². The summed E-state index contributed by atoms with van der Waals surface area (Å²) >= 11 is 2.24. The Labute approximate surface area is 113 Å². The van der Waals surface area contributed by atoms with Crippen LogP contribution in [0.5, 0.6) is 5.75 Å². The van der Waals surface area contributed by atoms with Crippen molar-refractivity contribution in [1.29, 1.82) is 0 Å². The van der Waals surface area contributed by atoms with Gasteiger partial charge in [0, 0.05) is 16.2 Å². The molecule has 0 aliphatic carbocycles. The standard InChI is InChI=1S/C11H12IN3O2/c1-16-2-3-17-10-5-8(4-9(12)6-10)11-13-7-14-15-11/h4-7H,2-3H2,1H3,(H,13,14,15). The number of hydrogen-bond donors (Lipinski definition) is 1. The van der Waals surface area contributed by atoms with Crippen LogP contribution < -0.4 is 4.74 Å². The first-order valence-corrected chi connectivity index (χ1v) is 6.15. The van der Waals surface area contributed by atoms with Gasteiger partial charge in [-0.3, -0.25) is 5.10 Å². The summed E-state index contributed by atoms with van der Waals surface area (Å²) in [5, 5.41) is 6.66. The third kappa shape index (κ3) is 3.40. The van der Waals surface area contributed by atoms with E-state index in [9.17, 15) is 0 Å². The molecule has 1 N–H and O–H groups in total. The van der Waals surface area contributed by atoms with Gasteiger partial charge in [0.25, 0.3) is 0 Å². The average Bonchev–Trinajstić information content (AvgIpc) is 2.82. The number of benzene rings is 1. The first kappa shape index (κ1) is 12.3. The first-order valence-electron chi connectivity index (χ1n) is 5.07. The van der Waals surface area contributed by atoms with E-state index in [1.807, 2.05) is 18.2 Å². The van der Waals surface area contributed by atoms with Gasteiger partial charge in [-0.1, -0.05) is 0 Å². The van der Waals surface area contributed by atoms with Crippen molar-refractivity contribution in [2.75, 3.05) is 20.3 Å². The Kier molecular flexibility index (Phi) is 4.32. The second-order valence-corrected chi connectivity index (χ2v) is 4.60. The predicted octanol–water partition coefficient (Wildman–Crippen LogP) is 2.10. The highest BCUT2D eigenvalue weighted by atomic mass is 127. The first-order chi connectivity index (χ1) is 8.29. The van der Waals surface area contributed by atoms with Crippen molar-refractivity contribution in [2.24, 2.45) is 0 Å². The van der Waals surface area contributed by atoms with Crippen molar-refractivity contribution in [3.05, 3.63) is 28.1 Å². The number of nitrogens with zero attached hydrogens (tertiary/aromatic N) is 2. The number of rotatable bonds is 5. The number of ether oxygens (including phenoxy) is 2. The lowest BCUT2D eigenvalue weighted by Crippen LogP contribution is -2.04. The zero-order valence-electron chi connectivity index (χ0n) is 9.31. The second kappa shape index (κ2) is 5.97. The molecule has 0 atom stereocenters. The molecule has 0 radical (unpaired) electrons. The number of aromatic nitrogens is 3. The van der Waals surface area contributed by atoms with Crippen LogP contribution in [0.3, 0.4) is 0 Å². The Morgan fingerprint density at radius 3 is 2.88 bits per heavy atom. The minimum absolute atomic E-state index is 0.534. The minimum atomic E-state index is 0.534. The van der Waals surface area contributed by atoms with Crippen LogP contribution in [0.2, 0.25) is 0 Å². The van der Waals surface area contributed by atoms with Gasteiger partial charge < -0.3 is 9.47 Å². The maximum atomic E-state index is 5.57. The molecule has 17 heavy (non-hydrogen) atoms. The zero-order chi connectivity index (χ0) is 12.1. The maximum Gasteiger partial charge on any atom is 0.155 e. The topological polar surface area (TPSA) is 60.0 Å². The molecule has 2 rings (SSSR count). The molecule has 0 aliphatic heterocycles. The lowest BCUT2D eigenvalue weighted by Gasteiger charge is -2.07. The molecule has 1 heterocycles. The van der Waals surface area contributed by atoms with Crippen LogP contribution in [0.15, 0.2) is 24.5 Å². The van der Waals surface area contributed by atoms with E-state index in [1.54, 1.807) is 7.11 Å². The fourth-order valence-electron chi connectivity index (χ4n) is 1.37. The summed E-state index contributed by atoms with van der Waals surface area (Å²) in [7, 11) is 1.65. The van der Waals surface area contributed by atoms with Crippen molar-refractivity contribution in [2.45, 2.75) is 0 Å². The summed E-state index contributed by atoms with van der Waals surface area (Å²) < 4.78 is 11.6. The van der Waals surface area contributed by atoms with Gasteiger partial charge in [-0.15, -0.1) is 0 Å². The molecule has 0 bridgehead atoms. The van der Waals surface area contributed by atoms with Crippen molar-refractivity contribution in [3.8, 4) is 17.1 Å². The summed E-state index contributed by atoms with van der Waals surface area (Å²) in [5.74, 6) is 1.54. The molecule has 90 valence electrons. The molecular weight excluding hydrogens is 333 g/mol. The Morgan fingerprint density at radius 1 is 1.29 bits per heavy atom. The summed E-state index contributed by atoms with van der Waals surface area (Å²) in [6.45, 7) is 1.11. The summed E-state index contributed by atoms with van der Waals surface area (Å²) in [6, 6.07) is 5.92. The largest absolute Gasteiger partial charge is 0.491 e. The lowest BCUT2D eigenvalue weighted by molar-refractivity contribution is 0.146. The Balaban J connectivity index is 2.18. The van der Waals surface area contributed by atoms with E-state index in [-0.39, 0.29) is 0 Å². The Hall–Kier alpha value is -1.15. The number of H-pyrrole nitrogens is 1. The smallest absolute Gasteiger partial charge is 0.155 e. The molecule has 0 saturated carbocycles. The van der Waals surface area contributed by atoms with Gasteiger partial charge in [-0.25, -0.2) is 4.98 Å². The Morgan fingerprint density at radius 2 is 2.18 bits per heavy atom. The molecule has 0 spiro atoms. The van der Waals surface area contributed by atoms with Crippen LogP contribution in [0.1, 0.15) is 0 Å². The van der Waals surface area contributed by atoms with Crippen molar-refractivity contribution < 1.29 is 9.47 Å². The molecular formula is C11H12IN3O2. The quantitative estimate of drug-likeness (QED) is 0.666. The van der Waals surface area contributed by atoms with E-state index in [2.05, 4.69) is 37.8 Å². The summed E-state index contributed by atoms with van der Waals surface area (Å²) in [5.41, 5.74) is 0.960. The average molecular weight is 345 g/mol. The van der Waals surface area contributed by atoms with Crippen molar-refractivity contribution in [1.82, 2.24) is 15.2 Å². The zero-order valence-corrected chi connectivity index (χ0v) is 11.5. The van der Waals surface area contributed by atoms with Crippen LogP contribution >= 0.6 is 22.6 Å². The number of hydrogen-bond acceptors (Lipinski definition) is 4. The molecule has 6 heteroatoms. The van der Waals surface area contributed by atoms with Gasteiger partial charge in [-0.05, 0) is 40.8 Å². The van der Waals surface area contributed by atoms with Crippen molar-refractivity contribution in [3.63, 3.8) is 0 Å². The Bertz CT molecular complexity index is 474. The third-order valence-corrected chi connectivity index (χ3v) is 2.74. The van der Waals surface area contributed by atoms with Crippen LogP contribution in [-0.2, 0) is 4.74 Å². The van der Waals surface area contributed by atoms with Crippen LogP contribution in [0, 0.1) is 3.57 Å². The summed E-state index contributed by atoms with van der Waals surface area (Å²) in [6.07, 6.45) is 1.49. The van der Waals surface area contributed by atoms with Gasteiger partial charge in [0.1, 0.15) is 18.7 Å². The van der Waals surface area contributed by atoms with Crippen molar-refractivity contribution >= 4 is 22.6 Å². The predicted molar refractivity (Wildman–Crippen MR) is 71.9 cm³/mol. The highest BCUT2D eigenvalue weighted by Gasteiger charge is 2.05. The fourth-order valence-corrected chi connectivity index (χ4v) is 2.01. The third-order valence-electron chi connectivity index (χ3n) is 2.12. The maximum absolute atomic E-state index is 5.57. The van der Waals surface area contributed by atoms with Crippen LogP contribution in [0.4, 0.5) is 0 Å². The van der Waals surface area contributed by atoms with Crippen LogP contribution in [0.25, 0.3) is 11.4 Å². The molecule has 0 fully saturated rings. The van der Waals surface area contributed by atoms with E-state index in [1.165, 1.54) is 6.33 Å². The summed E-state index contributed by atoms with van der Waals surface area (Å²) in [4.78, 5) is 4.11. The highest BCUT2D eigenvalue weighted by Crippen LogP contribution is 2.24. The number of methoxy groups -OCH3 is 1. The SMILES string of the molecule is COCCOc1cc(I)cc(-c2ncn[nH]2)c1. The monoisotopic (exact) mass is 345 g/mol. The molecule has 2 aromatic rings. The molecule has 0 aliphatic rings. The number of aromatic amines is 1. The molecule has 0 unspecified atom stereocenters. The van der Waals surface area contributed by atoms with Gasteiger partial charge in [0.2, 0.25) is 0 Å². The molecule has 5 nitrogen and oxygen atoms in total. The normalized spacial score (nSPS) is 10.5. The van der Waals surface area contributed by atoms with Gasteiger partial charge >= 0.3 is 0 Å². The van der Waals surface area contributed by atoms with E-state index in [0.29, 0.717) is 13.2 Å².